The van der Waals surface area contributed by atoms with Crippen LogP contribution < -0.4 is 0 Å². The number of esters is 1. The molecule has 0 unspecified atom stereocenters. The van der Waals surface area contributed by atoms with E-state index in [0.29, 0.717) is 30.0 Å². The number of pyridine rings is 1. The molecular weight excluding hydrogens is 854 g/mol. The molecule has 6 rings (SSSR count). The van der Waals surface area contributed by atoms with Gasteiger partial charge >= 0.3 is 12.1 Å². The van der Waals surface area contributed by atoms with Crippen LogP contribution in [0.2, 0.25) is 5.02 Å². The van der Waals surface area contributed by atoms with E-state index < -0.39 is 83.8 Å². The molecule has 14 atom stereocenters. The Labute approximate surface area is 388 Å². The van der Waals surface area contributed by atoms with Crippen molar-refractivity contribution in [3.8, 4) is 0 Å². The topological polar surface area (TPSA) is 157 Å². The van der Waals surface area contributed by atoms with Gasteiger partial charge in [0.25, 0.3) is 0 Å². The van der Waals surface area contributed by atoms with Gasteiger partial charge in [0.1, 0.15) is 18.8 Å². The summed E-state index contributed by atoms with van der Waals surface area (Å²) in [4.78, 5) is 40.3. The molecular formula is C50H68ClN3O11. The number of cyclic esters (lactones) is 1. The van der Waals surface area contributed by atoms with Crippen molar-refractivity contribution in [1.82, 2.24) is 9.88 Å². The highest BCUT2D eigenvalue weighted by Gasteiger charge is 2.59. The van der Waals surface area contributed by atoms with Crippen molar-refractivity contribution in [1.29, 1.82) is 0 Å². The number of nitrogens with zero attached hydrogens (tertiary/aromatic N) is 3. The van der Waals surface area contributed by atoms with E-state index in [1.807, 2.05) is 121 Å². The molecule has 0 saturated carbocycles. The van der Waals surface area contributed by atoms with Gasteiger partial charge < -0.3 is 48.0 Å². The first kappa shape index (κ1) is 50.3. The van der Waals surface area contributed by atoms with E-state index in [1.54, 1.807) is 33.2 Å². The molecule has 3 saturated heterocycles. The summed E-state index contributed by atoms with van der Waals surface area (Å²) in [5.74, 6) is -3.06. The number of oxime groups is 1. The number of benzene rings is 2. The summed E-state index contributed by atoms with van der Waals surface area (Å²) >= 11 is 6.50. The Morgan fingerprint density at radius 3 is 2.43 bits per heavy atom. The van der Waals surface area contributed by atoms with Crippen molar-refractivity contribution in [2.75, 3.05) is 27.8 Å². The van der Waals surface area contributed by atoms with E-state index >= 15 is 0 Å². The first-order valence-corrected chi connectivity index (χ1v) is 23.1. The second-order valence-electron chi connectivity index (χ2n) is 18.6. The molecule has 3 fully saturated rings. The minimum Gasteiger partial charge on any atom is -0.458 e. The number of aliphatic hydroxyl groups excluding tert-OH is 1. The van der Waals surface area contributed by atoms with Crippen molar-refractivity contribution in [3.63, 3.8) is 0 Å². The van der Waals surface area contributed by atoms with E-state index in [1.165, 1.54) is 0 Å². The Bertz CT molecular complexity index is 2150. The van der Waals surface area contributed by atoms with E-state index in [9.17, 15) is 14.7 Å². The van der Waals surface area contributed by atoms with Gasteiger partial charge in [-0.25, -0.2) is 4.79 Å². The molecule has 0 spiro atoms. The average Bonchev–Trinajstić information content (AvgIpc) is 3.60. The van der Waals surface area contributed by atoms with Gasteiger partial charge in [-0.2, -0.15) is 0 Å². The number of fused-ring (bicyclic) bond motifs is 2. The minimum atomic E-state index is -1.41. The fourth-order valence-electron chi connectivity index (χ4n) is 10.1. The smallest absolute Gasteiger partial charge is 0.458 e. The molecule has 1 aromatic heterocycles. The average molecular weight is 923 g/mol. The first-order chi connectivity index (χ1) is 30.9. The second-order valence-corrected chi connectivity index (χ2v) is 19.0. The number of hydrogen-bond acceptors (Lipinski definition) is 14. The van der Waals surface area contributed by atoms with Crippen LogP contribution in [0.4, 0.5) is 4.79 Å². The van der Waals surface area contributed by atoms with Crippen molar-refractivity contribution in [2.24, 2.45) is 28.8 Å². The van der Waals surface area contributed by atoms with Crippen LogP contribution in [0, 0.1) is 23.7 Å². The van der Waals surface area contributed by atoms with Crippen LogP contribution in [-0.4, -0.2) is 121 Å². The highest BCUT2D eigenvalue weighted by molar-refractivity contribution is 6.31. The predicted molar refractivity (Wildman–Crippen MR) is 248 cm³/mol. The van der Waals surface area contributed by atoms with Crippen molar-refractivity contribution >= 4 is 46.3 Å². The largest absolute Gasteiger partial charge is 0.509 e. The summed E-state index contributed by atoms with van der Waals surface area (Å²) in [6, 6.07) is 15.1. The molecule has 0 amide bonds. The molecule has 3 aliphatic heterocycles. The lowest BCUT2D eigenvalue weighted by molar-refractivity contribution is -0.302. The summed E-state index contributed by atoms with van der Waals surface area (Å²) in [5, 5.41) is 19.2. The molecule has 4 heterocycles. The van der Waals surface area contributed by atoms with Gasteiger partial charge in [0.2, 0.25) is 0 Å². The van der Waals surface area contributed by atoms with Gasteiger partial charge in [0, 0.05) is 64.8 Å². The number of likely N-dealkylation sites (N-methyl/N-ethyl adjacent to an activating group) is 1. The van der Waals surface area contributed by atoms with Gasteiger partial charge in [0.05, 0.1) is 42.1 Å². The van der Waals surface area contributed by atoms with E-state index in [0.717, 1.165) is 21.9 Å². The van der Waals surface area contributed by atoms with Crippen LogP contribution in [0.15, 0.2) is 72.2 Å². The summed E-state index contributed by atoms with van der Waals surface area (Å²) in [5.41, 5.74) is -0.364. The fourth-order valence-corrected chi connectivity index (χ4v) is 10.3. The van der Waals surface area contributed by atoms with Crippen LogP contribution in [0.25, 0.3) is 16.8 Å². The van der Waals surface area contributed by atoms with Crippen molar-refractivity contribution in [2.45, 2.75) is 141 Å². The summed E-state index contributed by atoms with van der Waals surface area (Å²) < 4.78 is 45.1. The zero-order valence-electron chi connectivity index (χ0n) is 39.6. The molecule has 356 valence electrons. The quantitative estimate of drug-likeness (QED) is 0.136. The van der Waals surface area contributed by atoms with Crippen LogP contribution in [-0.2, 0) is 49.4 Å². The molecule has 65 heavy (non-hydrogen) atoms. The molecule has 14 nitrogen and oxygen atoms in total. The second kappa shape index (κ2) is 21.6. The zero-order chi connectivity index (χ0) is 47.2. The maximum Gasteiger partial charge on any atom is 0.509 e. The molecule has 2 aromatic carbocycles. The Morgan fingerprint density at radius 2 is 1.72 bits per heavy atom. The first-order valence-electron chi connectivity index (χ1n) is 22.8. The summed E-state index contributed by atoms with van der Waals surface area (Å²) in [6.07, 6.45) is 1.91. The number of aliphatic hydroxyl groups is 1. The van der Waals surface area contributed by atoms with Crippen molar-refractivity contribution < 1.29 is 52.7 Å². The number of aromatic nitrogens is 1. The molecule has 1 N–H and O–H groups in total. The standard InChI is InChI=1S/C50H68ClN3O11/c1-12-40-50(8)45(64-48(57)65-50)31(4)41(53-60-28-36-19-14-16-22-38(36)51)29(2)25-49(7,58-11)44(63-47-42(55)39(54(9)10)24-30(3)61-47)32(5)43(33(6)46(56)62-40)59-23-17-20-35-27-52-26-34-18-13-15-21-37(34)35/h13-22,26-27,29-33,39-40,42-45,47,55H,12,23-25,28H2,1-11H3/b20-17+,53-41+/t29-,30-,31+,32+,33-,39+,40-,42-,43+,44-,45-,47+,49-,50-/m1/s1. The molecule has 0 radical (unpaired) electrons. The lowest BCUT2D eigenvalue weighted by Gasteiger charge is -2.48. The zero-order valence-corrected chi connectivity index (χ0v) is 40.4. The van der Waals surface area contributed by atoms with Gasteiger partial charge in [-0.3, -0.25) is 9.78 Å². The highest BCUT2D eigenvalue weighted by Crippen LogP contribution is 2.43. The third-order valence-electron chi connectivity index (χ3n) is 13.7. The van der Waals surface area contributed by atoms with Crippen LogP contribution in [0.3, 0.4) is 0 Å². The fraction of sp³-hybridized carbons (Fsp3) is 0.600. The number of halogens is 1. The Morgan fingerprint density at radius 1 is 1.00 bits per heavy atom. The molecule has 3 aliphatic rings. The third-order valence-corrected chi connectivity index (χ3v) is 14.1. The lowest BCUT2D eigenvalue weighted by atomic mass is 9.73. The molecule has 3 aromatic rings. The number of ether oxygens (including phenoxy) is 7. The molecule has 0 bridgehead atoms. The Balaban J connectivity index is 1.45. The van der Waals surface area contributed by atoms with E-state index in [-0.39, 0.29) is 25.4 Å². The van der Waals surface area contributed by atoms with Gasteiger partial charge in [-0.05, 0) is 72.5 Å². The number of carbonyl (C=O) groups excluding carboxylic acids is 2. The van der Waals surface area contributed by atoms with Crippen molar-refractivity contribution in [3.05, 3.63) is 83.2 Å². The minimum absolute atomic E-state index is 0.0743. The third kappa shape index (κ3) is 11.2. The van der Waals surface area contributed by atoms with E-state index in [4.69, 9.17) is 54.8 Å². The van der Waals surface area contributed by atoms with Gasteiger partial charge in [0.15, 0.2) is 18.0 Å². The number of rotatable bonds is 12. The number of hydrogen-bond donors (Lipinski definition) is 1. The number of methoxy groups -OCH3 is 1. The Hall–Kier alpha value is -4.15. The molecule has 0 aliphatic carbocycles. The summed E-state index contributed by atoms with van der Waals surface area (Å²) in [7, 11) is 5.45. The highest BCUT2D eigenvalue weighted by atomic mass is 35.5. The maximum atomic E-state index is 14.7. The Kier molecular flexibility index (Phi) is 16.7. The van der Waals surface area contributed by atoms with Gasteiger partial charge in [-0.1, -0.05) is 99.1 Å². The van der Waals surface area contributed by atoms with Crippen LogP contribution >= 0.6 is 11.6 Å². The SMILES string of the molecule is CC[C@H]1OC(=O)[C@H](C)[C@@H](OC/C=C/c2cncc3ccccc23)[C@H](C)[C@@H](O[C@@H]2O[C@H](C)C[C@H](N(C)C)[C@H]2O)[C@](C)(OC)C[C@@H](C)/C(=N\OCc2ccccc2Cl)[C@H](C)[C@H]2OC(=O)O[C@@]21C. The number of carbonyl (C=O) groups is 2. The molecule has 15 heteroatoms. The monoisotopic (exact) mass is 921 g/mol. The lowest BCUT2D eigenvalue weighted by Crippen LogP contribution is -2.60. The normalized spacial score (nSPS) is 35.7. The maximum absolute atomic E-state index is 14.7. The van der Waals surface area contributed by atoms with Gasteiger partial charge in [-0.15, -0.1) is 0 Å². The predicted octanol–water partition coefficient (Wildman–Crippen LogP) is 8.64. The van der Waals surface area contributed by atoms with E-state index in [2.05, 4.69) is 4.98 Å². The van der Waals surface area contributed by atoms with Crippen LogP contribution in [0.1, 0.15) is 85.8 Å². The van der Waals surface area contributed by atoms with Crippen LogP contribution in [0.5, 0.6) is 0 Å². The summed E-state index contributed by atoms with van der Waals surface area (Å²) in [6.45, 7) is 15.3.